The van der Waals surface area contributed by atoms with Crippen molar-refractivity contribution in [1.82, 2.24) is 0 Å². The molecule has 88 valence electrons. The van der Waals surface area contributed by atoms with Gasteiger partial charge in [-0.25, -0.2) is 8.42 Å². The summed E-state index contributed by atoms with van der Waals surface area (Å²) in [6, 6.07) is 5.92. The van der Waals surface area contributed by atoms with Gasteiger partial charge in [0.1, 0.15) is 11.5 Å². The first-order valence-electron chi connectivity index (χ1n) is 4.37. The Morgan fingerprint density at radius 2 is 2.19 bits per heavy atom. The van der Waals surface area contributed by atoms with Gasteiger partial charge in [-0.15, -0.1) is 0 Å². The van der Waals surface area contributed by atoms with Crippen LogP contribution in [-0.4, -0.2) is 31.3 Å². The number of anilines is 1. The van der Waals surface area contributed by atoms with Crippen LogP contribution in [0.2, 0.25) is 0 Å². The smallest absolute Gasteiger partial charge is 0.241 e. The predicted molar refractivity (Wildman–Crippen MR) is 67.1 cm³/mol. The van der Waals surface area contributed by atoms with Gasteiger partial charge in [-0.2, -0.15) is 0 Å². The quantitative estimate of drug-likeness (QED) is 0.768. The van der Waals surface area contributed by atoms with Crippen molar-refractivity contribution in [3.8, 4) is 5.75 Å². The van der Waals surface area contributed by atoms with E-state index in [0.717, 1.165) is 4.31 Å². The number of hydrogen-bond donors (Lipinski definition) is 2. The number of nitrogens with zero attached hydrogens (tertiary/aromatic N) is 1. The van der Waals surface area contributed by atoms with E-state index < -0.39 is 15.8 Å². The molecule has 0 aliphatic heterocycles. The maximum Gasteiger partial charge on any atom is 0.241 e. The van der Waals surface area contributed by atoms with Crippen molar-refractivity contribution in [2.45, 2.75) is 0 Å². The molecule has 0 radical (unpaired) electrons. The Morgan fingerprint density at radius 1 is 1.56 bits per heavy atom. The Hall–Kier alpha value is -1.34. The van der Waals surface area contributed by atoms with E-state index in [0.29, 0.717) is 5.69 Å². The van der Waals surface area contributed by atoms with E-state index in [2.05, 4.69) is 12.2 Å². The standard InChI is InChI=1S/C9H12N2O3S2/c1-11(16(13,14)6-9(10)15)7-3-2-4-8(12)5-7/h2-5,12H,6H2,1H3,(H2,10,15). The molecule has 0 aromatic heterocycles. The topological polar surface area (TPSA) is 83.6 Å². The summed E-state index contributed by atoms with van der Waals surface area (Å²) in [6.45, 7) is 0. The van der Waals surface area contributed by atoms with Crippen molar-refractivity contribution < 1.29 is 13.5 Å². The third-order valence-corrected chi connectivity index (χ3v) is 3.98. The summed E-state index contributed by atoms with van der Waals surface area (Å²) < 4.78 is 24.5. The van der Waals surface area contributed by atoms with E-state index in [9.17, 15) is 13.5 Å². The first-order chi connectivity index (χ1) is 7.33. The van der Waals surface area contributed by atoms with Crippen LogP contribution in [0, 0.1) is 0 Å². The summed E-state index contributed by atoms with van der Waals surface area (Å²) in [6.07, 6.45) is 0. The van der Waals surface area contributed by atoms with Crippen LogP contribution in [0.25, 0.3) is 0 Å². The molecule has 0 bridgehead atoms. The van der Waals surface area contributed by atoms with Gasteiger partial charge in [-0.1, -0.05) is 18.3 Å². The van der Waals surface area contributed by atoms with E-state index in [1.54, 1.807) is 12.1 Å². The fourth-order valence-corrected chi connectivity index (χ4v) is 2.56. The average Bonchev–Trinajstić information content (AvgIpc) is 2.14. The molecule has 5 nitrogen and oxygen atoms in total. The zero-order chi connectivity index (χ0) is 12.3. The molecule has 0 spiro atoms. The highest BCUT2D eigenvalue weighted by atomic mass is 32.2. The fraction of sp³-hybridized carbons (Fsp3) is 0.222. The van der Waals surface area contributed by atoms with Gasteiger partial charge in [0.15, 0.2) is 0 Å². The number of phenols is 1. The molecule has 0 unspecified atom stereocenters. The molecule has 0 heterocycles. The Balaban J connectivity index is 3.02. The molecule has 1 aromatic carbocycles. The van der Waals surface area contributed by atoms with Gasteiger partial charge >= 0.3 is 0 Å². The van der Waals surface area contributed by atoms with Crippen LogP contribution >= 0.6 is 12.2 Å². The zero-order valence-electron chi connectivity index (χ0n) is 8.62. The molecule has 0 atom stereocenters. The van der Waals surface area contributed by atoms with Crippen molar-refractivity contribution in [3.63, 3.8) is 0 Å². The normalized spacial score (nSPS) is 11.1. The number of phenolic OH excluding ortho intramolecular Hbond substituents is 1. The van der Waals surface area contributed by atoms with Crippen LogP contribution < -0.4 is 10.0 Å². The van der Waals surface area contributed by atoms with Gasteiger partial charge in [-0.05, 0) is 12.1 Å². The zero-order valence-corrected chi connectivity index (χ0v) is 10.3. The summed E-state index contributed by atoms with van der Waals surface area (Å²) >= 11 is 4.56. The second-order valence-corrected chi connectivity index (χ2v) is 5.73. The molecular formula is C9H12N2O3S2. The third kappa shape index (κ3) is 3.07. The molecule has 0 saturated heterocycles. The summed E-state index contributed by atoms with van der Waals surface area (Å²) in [7, 11) is -2.20. The van der Waals surface area contributed by atoms with E-state index >= 15 is 0 Å². The van der Waals surface area contributed by atoms with Gasteiger partial charge in [0.2, 0.25) is 10.0 Å². The number of rotatable bonds is 4. The van der Waals surface area contributed by atoms with Crippen LogP contribution in [0.4, 0.5) is 5.69 Å². The van der Waals surface area contributed by atoms with Crippen molar-refractivity contribution in [1.29, 1.82) is 0 Å². The van der Waals surface area contributed by atoms with Gasteiger partial charge in [0.05, 0.1) is 10.7 Å². The van der Waals surface area contributed by atoms with E-state index in [1.165, 1.54) is 19.2 Å². The molecule has 3 N–H and O–H groups in total. The Bertz CT molecular complexity index is 499. The van der Waals surface area contributed by atoms with E-state index in [-0.39, 0.29) is 10.7 Å². The lowest BCUT2D eigenvalue weighted by atomic mass is 10.3. The Labute approximate surface area is 99.5 Å². The SMILES string of the molecule is CN(c1cccc(O)c1)S(=O)(=O)CC(N)=S. The third-order valence-electron chi connectivity index (χ3n) is 1.94. The Morgan fingerprint density at radius 3 is 2.69 bits per heavy atom. The van der Waals surface area contributed by atoms with Crippen LogP contribution in [0.5, 0.6) is 5.75 Å². The molecule has 0 aliphatic rings. The second kappa shape index (κ2) is 4.67. The summed E-state index contributed by atoms with van der Waals surface area (Å²) in [5, 5.41) is 9.24. The fourth-order valence-electron chi connectivity index (χ4n) is 1.13. The number of hydrogen-bond acceptors (Lipinski definition) is 4. The summed E-state index contributed by atoms with van der Waals surface area (Å²) in [5.41, 5.74) is 5.56. The minimum atomic E-state index is -3.57. The maximum atomic E-state index is 11.7. The largest absolute Gasteiger partial charge is 0.508 e. The molecule has 0 aliphatic carbocycles. The number of benzene rings is 1. The lowest BCUT2D eigenvalue weighted by molar-refractivity contribution is 0.475. The highest BCUT2D eigenvalue weighted by molar-refractivity contribution is 7.95. The lowest BCUT2D eigenvalue weighted by Crippen LogP contribution is -2.34. The van der Waals surface area contributed by atoms with Crippen molar-refractivity contribution in [2.24, 2.45) is 5.73 Å². The number of thiocarbonyl (C=S) groups is 1. The monoisotopic (exact) mass is 260 g/mol. The van der Waals surface area contributed by atoms with Crippen molar-refractivity contribution in [2.75, 3.05) is 17.1 Å². The number of sulfonamides is 1. The average molecular weight is 260 g/mol. The summed E-state index contributed by atoms with van der Waals surface area (Å²) in [5.74, 6) is -0.399. The molecule has 1 aromatic rings. The van der Waals surface area contributed by atoms with Gasteiger partial charge in [-0.3, -0.25) is 4.31 Å². The van der Waals surface area contributed by atoms with Gasteiger partial charge < -0.3 is 10.8 Å². The van der Waals surface area contributed by atoms with E-state index in [1.807, 2.05) is 0 Å². The van der Waals surface area contributed by atoms with Crippen LogP contribution in [0.15, 0.2) is 24.3 Å². The molecule has 0 amide bonds. The molecule has 16 heavy (non-hydrogen) atoms. The van der Waals surface area contributed by atoms with Crippen molar-refractivity contribution >= 4 is 32.9 Å². The molecule has 7 heteroatoms. The Kier molecular flexibility index (Phi) is 3.71. The van der Waals surface area contributed by atoms with Crippen molar-refractivity contribution in [3.05, 3.63) is 24.3 Å². The first kappa shape index (κ1) is 12.7. The predicted octanol–water partition coefficient (Wildman–Crippen LogP) is 0.444. The maximum absolute atomic E-state index is 11.7. The molecule has 0 saturated carbocycles. The molecular weight excluding hydrogens is 248 g/mol. The highest BCUT2D eigenvalue weighted by Crippen LogP contribution is 2.21. The lowest BCUT2D eigenvalue weighted by Gasteiger charge is -2.19. The van der Waals surface area contributed by atoms with Crippen LogP contribution in [0.1, 0.15) is 0 Å². The van der Waals surface area contributed by atoms with Gasteiger partial charge in [0, 0.05) is 13.1 Å². The second-order valence-electron chi connectivity index (χ2n) is 3.21. The molecule has 1 rings (SSSR count). The van der Waals surface area contributed by atoms with Gasteiger partial charge in [0.25, 0.3) is 0 Å². The highest BCUT2D eigenvalue weighted by Gasteiger charge is 2.19. The van der Waals surface area contributed by atoms with Crippen LogP contribution in [0.3, 0.4) is 0 Å². The minimum absolute atomic E-state index is 0.00475. The van der Waals surface area contributed by atoms with E-state index in [4.69, 9.17) is 5.73 Å². The minimum Gasteiger partial charge on any atom is -0.508 e. The molecule has 0 fully saturated rings. The number of nitrogens with two attached hydrogens (primary N) is 1. The number of aromatic hydroxyl groups is 1. The van der Waals surface area contributed by atoms with Crippen LogP contribution in [-0.2, 0) is 10.0 Å². The summed E-state index contributed by atoms with van der Waals surface area (Å²) in [4.78, 5) is -0.0907. The first-order valence-corrected chi connectivity index (χ1v) is 6.38.